The lowest BCUT2D eigenvalue weighted by molar-refractivity contribution is 0.0690. The van der Waals surface area contributed by atoms with Gasteiger partial charge >= 0.3 is 5.97 Å². The monoisotopic (exact) mass is 373 g/mol. The fraction of sp³-hybridized carbons (Fsp3) is 0.158. The Morgan fingerprint density at radius 1 is 0.963 bits per heavy atom. The summed E-state index contributed by atoms with van der Waals surface area (Å²) in [5.41, 5.74) is -0.796. The Hall–Kier alpha value is -3.29. The molecule has 0 bridgehead atoms. The van der Waals surface area contributed by atoms with Crippen LogP contribution in [0.15, 0.2) is 42.5 Å². The maximum atomic E-state index is 14.2. The third kappa shape index (κ3) is 3.64. The first-order valence-electron chi connectivity index (χ1n) is 7.90. The van der Waals surface area contributed by atoms with Crippen LogP contribution < -0.4 is 0 Å². The molecular formula is C19H14F3N3O2. The van der Waals surface area contributed by atoms with Crippen molar-refractivity contribution in [3.63, 3.8) is 0 Å². The fourth-order valence-electron chi connectivity index (χ4n) is 2.59. The van der Waals surface area contributed by atoms with E-state index in [0.29, 0.717) is 5.69 Å². The average Bonchev–Trinajstić information content (AvgIpc) is 2.61. The minimum atomic E-state index is -1.19. The van der Waals surface area contributed by atoms with Crippen molar-refractivity contribution in [3.05, 3.63) is 77.3 Å². The first-order chi connectivity index (χ1) is 12.7. The molecule has 3 aromatic heterocycles. The molecule has 3 heterocycles. The van der Waals surface area contributed by atoms with Crippen LogP contribution in [0.4, 0.5) is 13.2 Å². The van der Waals surface area contributed by atoms with Crippen molar-refractivity contribution in [3.8, 4) is 11.3 Å². The molecule has 0 radical (unpaired) electrons. The summed E-state index contributed by atoms with van der Waals surface area (Å²) in [6.07, 6.45) is 0. The van der Waals surface area contributed by atoms with Gasteiger partial charge in [0, 0.05) is 11.5 Å². The van der Waals surface area contributed by atoms with Gasteiger partial charge in [0.1, 0.15) is 11.5 Å². The quantitative estimate of drug-likeness (QED) is 0.700. The number of nitrogens with zero attached hydrogens (tertiary/aromatic N) is 3. The van der Waals surface area contributed by atoms with E-state index in [2.05, 4.69) is 15.0 Å². The maximum Gasteiger partial charge on any atom is 0.354 e. The maximum absolute atomic E-state index is 14.2. The number of carboxylic acid groups (broad SMARTS) is 1. The first-order valence-corrected chi connectivity index (χ1v) is 7.90. The van der Waals surface area contributed by atoms with Gasteiger partial charge in [0.25, 0.3) is 0 Å². The van der Waals surface area contributed by atoms with Crippen LogP contribution >= 0.6 is 0 Å². The van der Waals surface area contributed by atoms with E-state index in [9.17, 15) is 18.0 Å². The Balaban J connectivity index is 2.12. The predicted octanol–water partition coefficient (Wildman–Crippen LogP) is 3.98. The van der Waals surface area contributed by atoms with Gasteiger partial charge in [0.05, 0.1) is 22.6 Å². The van der Waals surface area contributed by atoms with Crippen molar-refractivity contribution in [1.29, 1.82) is 0 Å². The summed E-state index contributed by atoms with van der Waals surface area (Å²) in [4.78, 5) is 22.6. The minimum Gasteiger partial charge on any atom is -0.477 e. The Labute approximate surface area is 152 Å². The predicted molar refractivity (Wildman–Crippen MR) is 90.7 cm³/mol. The molecule has 3 rings (SSSR count). The number of carboxylic acids is 1. The zero-order valence-electron chi connectivity index (χ0n) is 14.4. The van der Waals surface area contributed by atoms with Gasteiger partial charge < -0.3 is 5.11 Å². The van der Waals surface area contributed by atoms with Crippen molar-refractivity contribution in [2.45, 2.75) is 19.3 Å². The zero-order chi connectivity index (χ0) is 19.8. The fourth-order valence-corrected chi connectivity index (χ4v) is 2.59. The second-order valence-electron chi connectivity index (χ2n) is 6.37. The van der Waals surface area contributed by atoms with Gasteiger partial charge in [-0.1, -0.05) is 6.07 Å². The number of rotatable bonds is 4. The highest BCUT2D eigenvalue weighted by Crippen LogP contribution is 2.31. The van der Waals surface area contributed by atoms with Crippen molar-refractivity contribution in [1.82, 2.24) is 15.0 Å². The number of aromatic nitrogens is 3. The van der Waals surface area contributed by atoms with Crippen LogP contribution in [0.2, 0.25) is 0 Å². The molecule has 0 aliphatic rings. The lowest BCUT2D eigenvalue weighted by Gasteiger charge is -2.24. The van der Waals surface area contributed by atoms with E-state index in [4.69, 9.17) is 5.11 Å². The number of halogens is 3. The summed E-state index contributed by atoms with van der Waals surface area (Å²) in [5.74, 6) is -3.98. The van der Waals surface area contributed by atoms with Crippen LogP contribution in [0.1, 0.15) is 35.7 Å². The van der Waals surface area contributed by atoms with Crippen LogP contribution in [0.3, 0.4) is 0 Å². The van der Waals surface area contributed by atoms with Gasteiger partial charge in [0.2, 0.25) is 11.9 Å². The summed E-state index contributed by atoms with van der Waals surface area (Å²) in [6, 6.07) is 8.71. The number of hydrogen-bond acceptors (Lipinski definition) is 4. The Kier molecular flexibility index (Phi) is 4.65. The molecule has 0 aliphatic carbocycles. The van der Waals surface area contributed by atoms with Crippen LogP contribution in [0.25, 0.3) is 11.3 Å². The largest absolute Gasteiger partial charge is 0.477 e. The molecule has 0 saturated heterocycles. The molecule has 0 aliphatic heterocycles. The van der Waals surface area contributed by atoms with Gasteiger partial charge in [0.15, 0.2) is 0 Å². The van der Waals surface area contributed by atoms with Crippen molar-refractivity contribution in [2.24, 2.45) is 0 Å². The van der Waals surface area contributed by atoms with Gasteiger partial charge in [-0.25, -0.2) is 14.2 Å². The molecule has 0 aromatic carbocycles. The molecule has 0 amide bonds. The van der Waals surface area contributed by atoms with Gasteiger partial charge in [-0.15, -0.1) is 0 Å². The molecule has 0 unspecified atom stereocenters. The van der Waals surface area contributed by atoms with Crippen LogP contribution in [-0.4, -0.2) is 26.0 Å². The van der Waals surface area contributed by atoms with Crippen molar-refractivity contribution >= 4 is 5.97 Å². The van der Waals surface area contributed by atoms with E-state index in [1.54, 1.807) is 19.9 Å². The van der Waals surface area contributed by atoms with E-state index >= 15 is 0 Å². The third-order valence-electron chi connectivity index (χ3n) is 4.13. The van der Waals surface area contributed by atoms with Gasteiger partial charge in [-0.05, 0) is 44.2 Å². The Morgan fingerprint density at radius 2 is 1.70 bits per heavy atom. The smallest absolute Gasteiger partial charge is 0.354 e. The summed E-state index contributed by atoms with van der Waals surface area (Å²) < 4.78 is 41.2. The van der Waals surface area contributed by atoms with E-state index in [-0.39, 0.29) is 22.6 Å². The summed E-state index contributed by atoms with van der Waals surface area (Å²) in [6.45, 7) is 3.37. The third-order valence-corrected chi connectivity index (χ3v) is 4.13. The first kappa shape index (κ1) is 18.5. The van der Waals surface area contributed by atoms with Crippen molar-refractivity contribution in [2.75, 3.05) is 0 Å². The number of hydrogen-bond donors (Lipinski definition) is 1. The highest BCUT2D eigenvalue weighted by atomic mass is 19.1. The summed E-state index contributed by atoms with van der Waals surface area (Å²) >= 11 is 0. The average molecular weight is 373 g/mol. The second-order valence-corrected chi connectivity index (χ2v) is 6.37. The lowest BCUT2D eigenvalue weighted by atomic mass is 9.84. The topological polar surface area (TPSA) is 76.0 Å². The molecule has 3 aromatic rings. The lowest BCUT2D eigenvalue weighted by Crippen LogP contribution is -2.23. The molecule has 27 heavy (non-hydrogen) atoms. The molecular weight excluding hydrogens is 359 g/mol. The van der Waals surface area contributed by atoms with E-state index in [0.717, 1.165) is 24.3 Å². The van der Waals surface area contributed by atoms with E-state index in [1.807, 2.05) is 0 Å². The molecule has 0 saturated carbocycles. The highest BCUT2D eigenvalue weighted by molar-refractivity contribution is 5.85. The highest BCUT2D eigenvalue weighted by Gasteiger charge is 2.28. The van der Waals surface area contributed by atoms with Crippen LogP contribution in [0, 0.1) is 17.7 Å². The molecule has 0 atom stereocenters. The normalized spacial score (nSPS) is 11.4. The molecule has 138 valence electrons. The van der Waals surface area contributed by atoms with Crippen molar-refractivity contribution < 1.29 is 23.1 Å². The summed E-state index contributed by atoms with van der Waals surface area (Å²) in [7, 11) is 0. The summed E-state index contributed by atoms with van der Waals surface area (Å²) in [5, 5.41) is 9.12. The molecule has 1 N–H and O–H groups in total. The van der Waals surface area contributed by atoms with Gasteiger partial charge in [-0.3, -0.25) is 4.98 Å². The SMILES string of the molecule is CC(C)(c1cccc(C(=O)O)n1)c1cc(F)cc(-c2ccc(F)nc2F)n1. The Morgan fingerprint density at radius 3 is 2.37 bits per heavy atom. The molecule has 5 nitrogen and oxygen atoms in total. The second kappa shape index (κ2) is 6.79. The number of pyridine rings is 3. The number of carbonyl (C=O) groups is 1. The molecule has 8 heteroatoms. The van der Waals surface area contributed by atoms with E-state index in [1.165, 1.54) is 12.1 Å². The zero-order valence-corrected chi connectivity index (χ0v) is 14.4. The molecule has 0 fully saturated rings. The van der Waals surface area contributed by atoms with Crippen LogP contribution in [-0.2, 0) is 5.41 Å². The molecule has 0 spiro atoms. The van der Waals surface area contributed by atoms with E-state index < -0.39 is 29.1 Å². The van der Waals surface area contributed by atoms with Gasteiger partial charge in [-0.2, -0.15) is 13.8 Å². The standard InChI is InChI=1S/C19H14F3N3O2/c1-19(2,14-5-3-4-12(23-14)18(26)27)15-9-10(20)8-13(24-15)11-6-7-16(21)25-17(11)22/h3-9H,1-2H3,(H,26,27). The van der Waals surface area contributed by atoms with Crippen LogP contribution in [0.5, 0.6) is 0 Å². The number of aromatic carboxylic acids is 1. The Bertz CT molecular complexity index is 1040. The minimum absolute atomic E-state index is 0.0579.